The molecule has 2 aromatic rings. The van der Waals surface area contributed by atoms with Gasteiger partial charge in [-0.1, -0.05) is 18.2 Å². The molecule has 1 unspecified atom stereocenters. The van der Waals surface area contributed by atoms with Crippen LogP contribution in [0.4, 0.5) is 0 Å². The lowest BCUT2D eigenvalue weighted by molar-refractivity contribution is 0.0839. The van der Waals surface area contributed by atoms with Gasteiger partial charge in [-0.15, -0.1) is 0 Å². The van der Waals surface area contributed by atoms with E-state index in [2.05, 4.69) is 5.10 Å². The van der Waals surface area contributed by atoms with Crippen LogP contribution in [-0.4, -0.2) is 29.1 Å². The van der Waals surface area contributed by atoms with Crippen molar-refractivity contribution in [1.82, 2.24) is 9.78 Å². The van der Waals surface area contributed by atoms with Gasteiger partial charge >= 0.3 is 0 Å². The van der Waals surface area contributed by atoms with E-state index in [1.165, 1.54) is 0 Å². The van der Waals surface area contributed by atoms with Gasteiger partial charge in [-0.2, -0.15) is 5.10 Å². The number of nitrogens with zero attached hydrogens (tertiary/aromatic N) is 2. The average Bonchev–Trinajstić information content (AvgIpc) is 2.92. The van der Waals surface area contributed by atoms with Crippen molar-refractivity contribution in [1.29, 1.82) is 0 Å². The fourth-order valence-corrected chi connectivity index (χ4v) is 2.52. The van der Waals surface area contributed by atoms with Gasteiger partial charge in [0.15, 0.2) is 5.75 Å². The number of para-hydroxylation sites is 1. The van der Waals surface area contributed by atoms with Crippen LogP contribution in [0, 0.1) is 0 Å². The SMILES string of the molecule is COc1ccccc1C(C)(O)c1c(OC)cnn1C(C)C. The van der Waals surface area contributed by atoms with E-state index in [-0.39, 0.29) is 6.04 Å². The minimum Gasteiger partial charge on any atom is -0.496 e. The maximum Gasteiger partial charge on any atom is 0.163 e. The molecule has 0 saturated carbocycles. The van der Waals surface area contributed by atoms with E-state index in [0.717, 1.165) is 0 Å². The van der Waals surface area contributed by atoms with Crippen LogP contribution < -0.4 is 9.47 Å². The van der Waals surface area contributed by atoms with Crippen LogP contribution >= 0.6 is 0 Å². The first kappa shape index (κ1) is 15.4. The van der Waals surface area contributed by atoms with Crippen molar-refractivity contribution in [3.05, 3.63) is 41.7 Å². The highest BCUT2D eigenvalue weighted by Gasteiger charge is 2.36. The second kappa shape index (κ2) is 5.77. The first-order valence-electron chi connectivity index (χ1n) is 6.91. The minimum atomic E-state index is -1.28. The number of hydrogen-bond acceptors (Lipinski definition) is 4. The molecule has 1 heterocycles. The molecular formula is C16H22N2O3. The summed E-state index contributed by atoms with van der Waals surface area (Å²) >= 11 is 0. The first-order valence-corrected chi connectivity index (χ1v) is 6.91. The topological polar surface area (TPSA) is 56.5 Å². The Morgan fingerprint density at radius 3 is 2.33 bits per heavy atom. The molecule has 21 heavy (non-hydrogen) atoms. The molecule has 0 fully saturated rings. The molecule has 0 saturated heterocycles. The molecular weight excluding hydrogens is 268 g/mol. The van der Waals surface area contributed by atoms with Crippen molar-refractivity contribution in [2.75, 3.05) is 14.2 Å². The Bertz CT molecular complexity index is 618. The Labute approximate surface area is 125 Å². The molecule has 1 atom stereocenters. The van der Waals surface area contributed by atoms with Gasteiger partial charge in [0, 0.05) is 11.6 Å². The van der Waals surface area contributed by atoms with Crippen molar-refractivity contribution in [3.63, 3.8) is 0 Å². The van der Waals surface area contributed by atoms with E-state index in [9.17, 15) is 5.11 Å². The largest absolute Gasteiger partial charge is 0.496 e. The summed E-state index contributed by atoms with van der Waals surface area (Å²) in [6.45, 7) is 5.74. The third-order valence-electron chi connectivity index (χ3n) is 3.56. The molecule has 1 aromatic heterocycles. The predicted molar refractivity (Wildman–Crippen MR) is 80.8 cm³/mol. The summed E-state index contributed by atoms with van der Waals surface area (Å²) in [5.41, 5.74) is 0.0105. The summed E-state index contributed by atoms with van der Waals surface area (Å²) in [6.07, 6.45) is 1.62. The third-order valence-corrected chi connectivity index (χ3v) is 3.56. The number of aliphatic hydroxyl groups is 1. The van der Waals surface area contributed by atoms with Gasteiger partial charge in [0.25, 0.3) is 0 Å². The van der Waals surface area contributed by atoms with Crippen molar-refractivity contribution < 1.29 is 14.6 Å². The molecule has 114 valence electrons. The number of aromatic nitrogens is 2. The number of rotatable bonds is 5. The van der Waals surface area contributed by atoms with E-state index in [4.69, 9.17) is 9.47 Å². The highest BCUT2D eigenvalue weighted by Crippen LogP contribution is 2.40. The maximum atomic E-state index is 11.2. The number of benzene rings is 1. The summed E-state index contributed by atoms with van der Waals surface area (Å²) in [5.74, 6) is 1.18. The van der Waals surface area contributed by atoms with Crippen LogP contribution in [0.3, 0.4) is 0 Å². The smallest absolute Gasteiger partial charge is 0.163 e. The zero-order chi connectivity index (χ0) is 15.6. The lowest BCUT2D eigenvalue weighted by atomic mass is 9.90. The van der Waals surface area contributed by atoms with E-state index in [0.29, 0.717) is 22.8 Å². The quantitative estimate of drug-likeness (QED) is 0.920. The average molecular weight is 290 g/mol. The van der Waals surface area contributed by atoms with Gasteiger partial charge in [0.1, 0.15) is 17.0 Å². The van der Waals surface area contributed by atoms with Crippen LogP contribution in [0.2, 0.25) is 0 Å². The highest BCUT2D eigenvalue weighted by atomic mass is 16.5. The fraction of sp³-hybridized carbons (Fsp3) is 0.438. The van der Waals surface area contributed by atoms with Gasteiger partial charge in [-0.25, -0.2) is 0 Å². The van der Waals surface area contributed by atoms with E-state index >= 15 is 0 Å². The third kappa shape index (κ3) is 2.61. The Kier molecular flexibility index (Phi) is 4.23. The number of ether oxygens (including phenoxy) is 2. The molecule has 0 spiro atoms. The fourth-order valence-electron chi connectivity index (χ4n) is 2.52. The zero-order valence-corrected chi connectivity index (χ0v) is 13.1. The maximum absolute atomic E-state index is 11.2. The molecule has 2 rings (SSSR count). The molecule has 0 aliphatic rings. The van der Waals surface area contributed by atoms with Crippen molar-refractivity contribution in [2.24, 2.45) is 0 Å². The van der Waals surface area contributed by atoms with Gasteiger partial charge in [0.05, 0.1) is 20.4 Å². The standard InChI is InChI=1S/C16H22N2O3/c1-11(2)18-15(14(21-5)10-17-18)16(3,19)12-8-6-7-9-13(12)20-4/h6-11,19H,1-5H3. The lowest BCUT2D eigenvalue weighted by Gasteiger charge is -2.28. The molecule has 0 amide bonds. The number of methoxy groups -OCH3 is 2. The summed E-state index contributed by atoms with van der Waals surface area (Å²) in [5, 5.41) is 15.5. The zero-order valence-electron chi connectivity index (χ0n) is 13.1. The van der Waals surface area contributed by atoms with Crippen LogP contribution in [-0.2, 0) is 5.60 Å². The molecule has 5 nitrogen and oxygen atoms in total. The normalized spacial score (nSPS) is 14.0. The van der Waals surface area contributed by atoms with E-state index in [1.807, 2.05) is 38.1 Å². The lowest BCUT2D eigenvalue weighted by Crippen LogP contribution is -2.28. The molecule has 5 heteroatoms. The second-order valence-corrected chi connectivity index (χ2v) is 5.37. The van der Waals surface area contributed by atoms with Crippen LogP contribution in [0.5, 0.6) is 11.5 Å². The Hall–Kier alpha value is -2.01. The minimum absolute atomic E-state index is 0.102. The Balaban J connectivity index is 2.66. The molecule has 1 aromatic carbocycles. The van der Waals surface area contributed by atoms with Crippen LogP contribution in [0.1, 0.15) is 38.1 Å². The second-order valence-electron chi connectivity index (χ2n) is 5.37. The van der Waals surface area contributed by atoms with Crippen molar-refractivity contribution >= 4 is 0 Å². The van der Waals surface area contributed by atoms with Gasteiger partial charge in [-0.05, 0) is 26.8 Å². The van der Waals surface area contributed by atoms with Gasteiger partial charge in [0.2, 0.25) is 0 Å². The van der Waals surface area contributed by atoms with Crippen molar-refractivity contribution in [2.45, 2.75) is 32.4 Å². The summed E-state index contributed by atoms with van der Waals surface area (Å²) in [4.78, 5) is 0. The molecule has 0 aliphatic carbocycles. The van der Waals surface area contributed by atoms with E-state index < -0.39 is 5.60 Å². The summed E-state index contributed by atoms with van der Waals surface area (Å²) in [7, 11) is 3.16. The van der Waals surface area contributed by atoms with Crippen molar-refractivity contribution in [3.8, 4) is 11.5 Å². The molecule has 0 radical (unpaired) electrons. The first-order chi connectivity index (χ1) is 9.93. The summed E-state index contributed by atoms with van der Waals surface area (Å²) < 4.78 is 12.5. The molecule has 0 bridgehead atoms. The Morgan fingerprint density at radius 1 is 1.14 bits per heavy atom. The summed E-state index contributed by atoms with van der Waals surface area (Å²) in [6, 6.07) is 7.51. The monoisotopic (exact) mass is 290 g/mol. The van der Waals surface area contributed by atoms with Gasteiger partial charge in [-0.3, -0.25) is 4.68 Å². The van der Waals surface area contributed by atoms with Gasteiger partial charge < -0.3 is 14.6 Å². The van der Waals surface area contributed by atoms with E-state index in [1.54, 1.807) is 32.0 Å². The predicted octanol–water partition coefficient (Wildman–Crippen LogP) is 2.74. The Morgan fingerprint density at radius 2 is 1.76 bits per heavy atom. The van der Waals surface area contributed by atoms with Crippen LogP contribution in [0.15, 0.2) is 30.5 Å². The molecule has 0 aliphatic heterocycles. The molecule has 1 N–H and O–H groups in total. The number of hydrogen-bond donors (Lipinski definition) is 1. The highest BCUT2D eigenvalue weighted by molar-refractivity contribution is 5.46. The van der Waals surface area contributed by atoms with Crippen LogP contribution in [0.25, 0.3) is 0 Å².